The van der Waals surface area contributed by atoms with E-state index in [9.17, 15) is 0 Å². The van der Waals surface area contributed by atoms with E-state index in [1.165, 1.54) is 25.6 Å². The van der Waals surface area contributed by atoms with Gasteiger partial charge in [-0.05, 0) is 42.5 Å². The molecule has 0 saturated carbocycles. The average molecular weight is 515 g/mol. The molecule has 37 heavy (non-hydrogen) atoms. The van der Waals surface area contributed by atoms with Gasteiger partial charge in [0, 0.05) is 49.9 Å². The van der Waals surface area contributed by atoms with Crippen LogP contribution < -0.4 is 4.74 Å². The van der Waals surface area contributed by atoms with Crippen LogP contribution in [0.3, 0.4) is 0 Å². The van der Waals surface area contributed by atoms with Crippen molar-refractivity contribution in [3.8, 4) is 23.0 Å². The Kier molecular flexibility index (Phi) is 4.49. The highest BCUT2D eigenvalue weighted by Gasteiger charge is 2.15. The normalized spacial score (nSPS) is 11.8. The summed E-state index contributed by atoms with van der Waals surface area (Å²) in [6.07, 6.45) is 3.77. The second-order valence-electron chi connectivity index (χ2n) is 8.84. The third-order valence-corrected chi connectivity index (χ3v) is 8.63. The van der Waals surface area contributed by atoms with Gasteiger partial charge in [-0.2, -0.15) is 16.4 Å². The molecule has 0 amide bonds. The Bertz CT molecular complexity index is 2080. The summed E-state index contributed by atoms with van der Waals surface area (Å²) < 4.78 is 13.1. The first-order valence-corrected chi connectivity index (χ1v) is 13.6. The summed E-state index contributed by atoms with van der Waals surface area (Å²) in [6, 6.07) is 28.8. The summed E-state index contributed by atoms with van der Waals surface area (Å²) in [7, 11) is 0. The monoisotopic (exact) mass is 514 g/mol. The number of hydrogen-bond donors (Lipinski definition) is 0. The molecule has 8 aromatic rings. The van der Waals surface area contributed by atoms with Crippen molar-refractivity contribution in [3.05, 3.63) is 108 Å². The molecule has 5 nitrogen and oxygen atoms in total. The first-order valence-electron chi connectivity index (χ1n) is 11.9. The molecule has 5 heterocycles. The highest BCUT2D eigenvalue weighted by Crippen LogP contribution is 2.38. The zero-order valence-corrected chi connectivity index (χ0v) is 21.0. The molecule has 0 saturated heterocycles. The van der Waals surface area contributed by atoms with E-state index in [-0.39, 0.29) is 0 Å². The topological polar surface area (TPSA) is 44.9 Å². The first kappa shape index (κ1) is 20.7. The number of rotatable bonds is 4. The minimum atomic E-state index is 0.762. The molecule has 8 rings (SSSR count). The summed E-state index contributed by atoms with van der Waals surface area (Å²) in [5.74, 6) is 2.41. The van der Waals surface area contributed by atoms with E-state index in [1.807, 2.05) is 59.5 Å². The molecular weight excluding hydrogens is 496 g/mol. The lowest BCUT2D eigenvalue weighted by Gasteiger charge is -2.10. The van der Waals surface area contributed by atoms with Crippen molar-refractivity contribution in [1.82, 2.24) is 19.3 Å². The van der Waals surface area contributed by atoms with E-state index >= 15 is 0 Å². The predicted octanol–water partition coefficient (Wildman–Crippen LogP) is 8.59. The van der Waals surface area contributed by atoms with Crippen LogP contribution in [-0.4, -0.2) is 19.3 Å². The summed E-state index contributed by atoms with van der Waals surface area (Å²) in [5, 5.41) is 12.7. The Morgan fingerprint density at radius 2 is 1.59 bits per heavy atom. The highest BCUT2D eigenvalue weighted by molar-refractivity contribution is 7.28. The maximum atomic E-state index is 6.41. The van der Waals surface area contributed by atoms with Crippen LogP contribution in [0.4, 0.5) is 0 Å². The molecule has 0 aliphatic rings. The van der Waals surface area contributed by atoms with Crippen LogP contribution >= 0.6 is 22.7 Å². The van der Waals surface area contributed by atoms with Crippen molar-refractivity contribution in [2.45, 2.75) is 0 Å². The van der Waals surface area contributed by atoms with Crippen molar-refractivity contribution in [1.29, 1.82) is 0 Å². The van der Waals surface area contributed by atoms with E-state index < -0.39 is 0 Å². The minimum absolute atomic E-state index is 0.762. The van der Waals surface area contributed by atoms with Gasteiger partial charge in [-0.3, -0.25) is 4.57 Å². The Balaban J connectivity index is 1.23. The Morgan fingerprint density at radius 3 is 2.54 bits per heavy atom. The molecule has 0 atom stereocenters. The maximum absolute atomic E-state index is 6.41. The zero-order valence-electron chi connectivity index (χ0n) is 19.4. The lowest BCUT2D eigenvalue weighted by Crippen LogP contribution is -1.97. The van der Waals surface area contributed by atoms with Crippen molar-refractivity contribution >= 4 is 64.8 Å². The fourth-order valence-corrected chi connectivity index (χ4v) is 7.09. The molecular formula is C30H18N4OS2. The molecule has 7 heteroatoms. The zero-order chi connectivity index (χ0) is 24.3. The van der Waals surface area contributed by atoms with Gasteiger partial charge in [0.2, 0.25) is 0 Å². The van der Waals surface area contributed by atoms with Gasteiger partial charge in [0.25, 0.3) is 0 Å². The van der Waals surface area contributed by atoms with Gasteiger partial charge in [-0.15, -0.1) is 11.3 Å². The molecule has 3 aromatic carbocycles. The Hall–Kier alpha value is -4.46. The molecule has 5 aromatic heterocycles. The molecule has 0 spiro atoms. The van der Waals surface area contributed by atoms with E-state index in [4.69, 9.17) is 4.74 Å². The number of benzene rings is 3. The van der Waals surface area contributed by atoms with Crippen LogP contribution in [0.2, 0.25) is 0 Å². The van der Waals surface area contributed by atoms with E-state index in [2.05, 4.69) is 67.9 Å². The van der Waals surface area contributed by atoms with E-state index in [0.717, 1.165) is 39.6 Å². The lowest BCUT2D eigenvalue weighted by molar-refractivity contribution is 0.483. The van der Waals surface area contributed by atoms with Gasteiger partial charge in [0.1, 0.15) is 17.3 Å². The standard InChI is InChI=1S/C30H18N4OS2/c1-2-9-25-22(8-1)23-12-11-21(15-26(23)33(25)29-10-3-4-13-31-29)35-20-7-5-6-19(14-20)34-30-24-17-36-18-28(24)37-27(30)16-32-34/h1-18H. The Morgan fingerprint density at radius 1 is 0.703 bits per heavy atom. The largest absolute Gasteiger partial charge is 0.457 e. The minimum Gasteiger partial charge on any atom is -0.457 e. The average Bonchev–Trinajstić information content (AvgIpc) is 3.69. The maximum Gasteiger partial charge on any atom is 0.137 e. The van der Waals surface area contributed by atoms with Crippen LogP contribution in [0.15, 0.2) is 108 Å². The number of nitrogens with zero attached hydrogens (tertiary/aromatic N) is 4. The fourth-order valence-electron chi connectivity index (χ4n) is 5.07. The smallest absolute Gasteiger partial charge is 0.137 e. The van der Waals surface area contributed by atoms with Crippen LogP contribution in [0, 0.1) is 0 Å². The van der Waals surface area contributed by atoms with E-state index in [0.29, 0.717) is 0 Å². The number of fused-ring (bicyclic) bond motifs is 6. The molecule has 0 fully saturated rings. The number of pyridine rings is 1. The van der Waals surface area contributed by atoms with Gasteiger partial charge in [-0.1, -0.05) is 30.3 Å². The lowest BCUT2D eigenvalue weighted by atomic mass is 10.1. The quantitative estimate of drug-likeness (QED) is 0.236. The van der Waals surface area contributed by atoms with Crippen LogP contribution in [0.1, 0.15) is 0 Å². The second kappa shape index (κ2) is 8.03. The van der Waals surface area contributed by atoms with Gasteiger partial charge in [-0.25, -0.2) is 9.67 Å². The van der Waals surface area contributed by atoms with Crippen molar-refractivity contribution in [3.63, 3.8) is 0 Å². The molecule has 0 bridgehead atoms. The third kappa shape index (κ3) is 3.21. The number of hydrogen-bond acceptors (Lipinski definition) is 5. The number of ether oxygens (including phenoxy) is 1. The van der Waals surface area contributed by atoms with Gasteiger partial charge in [0.15, 0.2) is 0 Å². The summed E-state index contributed by atoms with van der Waals surface area (Å²) in [6.45, 7) is 0. The van der Waals surface area contributed by atoms with Crippen LogP contribution in [0.5, 0.6) is 11.5 Å². The summed E-state index contributed by atoms with van der Waals surface area (Å²) >= 11 is 3.51. The summed E-state index contributed by atoms with van der Waals surface area (Å²) in [4.78, 5) is 4.63. The summed E-state index contributed by atoms with van der Waals surface area (Å²) in [5.41, 5.74) is 4.30. The predicted molar refractivity (Wildman–Crippen MR) is 153 cm³/mol. The molecule has 0 N–H and O–H groups in total. The van der Waals surface area contributed by atoms with Crippen molar-refractivity contribution in [2.75, 3.05) is 0 Å². The number of para-hydroxylation sites is 1. The molecule has 0 aliphatic carbocycles. The van der Waals surface area contributed by atoms with E-state index in [1.54, 1.807) is 22.7 Å². The molecule has 0 unspecified atom stereocenters. The number of aromatic nitrogens is 4. The number of thiophene rings is 2. The SMILES string of the molecule is c1ccc(-n2c3ccccc3c3ccc(Oc4cccc(-n5ncc6sc7cscc7c65)c4)cc32)nc1. The molecule has 0 aliphatic heterocycles. The first-order chi connectivity index (χ1) is 18.3. The third-order valence-electron chi connectivity index (χ3n) is 6.66. The van der Waals surface area contributed by atoms with Gasteiger partial charge >= 0.3 is 0 Å². The Labute approximate surface area is 219 Å². The molecule has 0 radical (unpaired) electrons. The molecule has 176 valence electrons. The van der Waals surface area contributed by atoms with Gasteiger partial charge in [0.05, 0.1) is 33.1 Å². The van der Waals surface area contributed by atoms with Crippen molar-refractivity contribution < 1.29 is 4.74 Å². The van der Waals surface area contributed by atoms with Gasteiger partial charge < -0.3 is 4.74 Å². The van der Waals surface area contributed by atoms with Crippen LogP contribution in [-0.2, 0) is 0 Å². The second-order valence-corrected chi connectivity index (χ2v) is 10.7. The van der Waals surface area contributed by atoms with Crippen molar-refractivity contribution in [2.24, 2.45) is 0 Å². The van der Waals surface area contributed by atoms with Crippen LogP contribution in [0.25, 0.3) is 53.6 Å². The highest BCUT2D eigenvalue weighted by atomic mass is 32.1. The fraction of sp³-hybridized carbons (Fsp3) is 0.